The molecule has 2 aromatic rings. The molecular weight excluding hydrogens is 297 g/mol. The fourth-order valence-corrected chi connectivity index (χ4v) is 2.80. The number of pyridine rings is 1. The van der Waals surface area contributed by atoms with Gasteiger partial charge in [0, 0.05) is 44.5 Å². The summed E-state index contributed by atoms with van der Waals surface area (Å²) >= 11 is 0. The number of carboxylic acids is 1. The molecule has 0 unspecified atom stereocenters. The maximum absolute atomic E-state index is 13.7. The molecular formula is C17H18FN3O2. The molecule has 0 spiro atoms. The van der Waals surface area contributed by atoms with E-state index in [1.54, 1.807) is 30.5 Å². The molecule has 1 aliphatic rings. The summed E-state index contributed by atoms with van der Waals surface area (Å²) in [5.74, 6) is -0.653. The molecule has 0 atom stereocenters. The highest BCUT2D eigenvalue weighted by Crippen LogP contribution is 2.20. The number of piperazine rings is 1. The molecule has 0 amide bonds. The molecule has 1 N–H and O–H groups in total. The summed E-state index contributed by atoms with van der Waals surface area (Å²) in [4.78, 5) is 19.6. The molecule has 0 bridgehead atoms. The van der Waals surface area contributed by atoms with E-state index in [4.69, 9.17) is 0 Å². The maximum Gasteiger partial charge on any atom is 0.339 e. The van der Waals surface area contributed by atoms with Gasteiger partial charge in [0.2, 0.25) is 0 Å². The zero-order valence-electron chi connectivity index (χ0n) is 12.7. The highest BCUT2D eigenvalue weighted by Gasteiger charge is 2.22. The molecule has 1 aromatic carbocycles. The van der Waals surface area contributed by atoms with E-state index in [1.165, 1.54) is 6.07 Å². The summed E-state index contributed by atoms with van der Waals surface area (Å²) in [6, 6.07) is 9.98. The number of aromatic carboxylic acids is 1. The number of rotatable bonds is 4. The standard InChI is InChI=1S/C17H18FN3O2/c18-15-6-2-1-4-13(15)12-20-8-10-21(11-9-20)16-14(17(22)23)5-3-7-19-16/h1-7H,8-12H2,(H,22,23). The van der Waals surface area contributed by atoms with Crippen molar-refractivity contribution in [3.63, 3.8) is 0 Å². The lowest BCUT2D eigenvalue weighted by Crippen LogP contribution is -2.46. The summed E-state index contributed by atoms with van der Waals surface area (Å²) in [7, 11) is 0. The first-order valence-electron chi connectivity index (χ1n) is 7.54. The smallest absolute Gasteiger partial charge is 0.339 e. The number of benzene rings is 1. The van der Waals surface area contributed by atoms with E-state index in [0.29, 0.717) is 31.0 Å². The predicted octanol–water partition coefficient (Wildman–Crippen LogP) is 2.24. The molecule has 1 aliphatic heterocycles. The van der Waals surface area contributed by atoms with E-state index in [2.05, 4.69) is 9.88 Å². The minimum Gasteiger partial charge on any atom is -0.478 e. The quantitative estimate of drug-likeness (QED) is 0.938. The highest BCUT2D eigenvalue weighted by molar-refractivity contribution is 5.93. The van der Waals surface area contributed by atoms with E-state index in [0.717, 1.165) is 13.1 Å². The van der Waals surface area contributed by atoms with Gasteiger partial charge in [0.15, 0.2) is 0 Å². The lowest BCUT2D eigenvalue weighted by Gasteiger charge is -2.35. The summed E-state index contributed by atoms with van der Waals surface area (Å²) in [6.45, 7) is 3.39. The third-order valence-electron chi connectivity index (χ3n) is 4.04. The van der Waals surface area contributed by atoms with Crippen molar-refractivity contribution in [1.82, 2.24) is 9.88 Å². The summed E-state index contributed by atoms with van der Waals surface area (Å²) in [5.41, 5.74) is 0.903. The number of hydrogen-bond acceptors (Lipinski definition) is 4. The second-order valence-electron chi connectivity index (χ2n) is 5.53. The third-order valence-corrected chi connectivity index (χ3v) is 4.04. The van der Waals surface area contributed by atoms with E-state index in [-0.39, 0.29) is 11.4 Å². The Hall–Kier alpha value is -2.47. The van der Waals surface area contributed by atoms with Gasteiger partial charge in [-0.1, -0.05) is 18.2 Å². The van der Waals surface area contributed by atoms with Crippen LogP contribution in [0.1, 0.15) is 15.9 Å². The Labute approximate surface area is 134 Å². The van der Waals surface area contributed by atoms with Crippen molar-refractivity contribution < 1.29 is 14.3 Å². The largest absolute Gasteiger partial charge is 0.478 e. The second kappa shape index (κ2) is 6.75. The van der Waals surface area contributed by atoms with Crippen molar-refractivity contribution in [3.05, 3.63) is 59.5 Å². The van der Waals surface area contributed by atoms with Gasteiger partial charge in [-0.3, -0.25) is 4.90 Å². The molecule has 0 radical (unpaired) electrons. The number of carboxylic acid groups (broad SMARTS) is 1. The van der Waals surface area contributed by atoms with Crippen molar-refractivity contribution in [2.75, 3.05) is 31.1 Å². The zero-order valence-corrected chi connectivity index (χ0v) is 12.7. The van der Waals surface area contributed by atoms with E-state index in [9.17, 15) is 14.3 Å². The highest BCUT2D eigenvalue weighted by atomic mass is 19.1. The Morgan fingerprint density at radius 1 is 1.13 bits per heavy atom. The van der Waals surface area contributed by atoms with Crippen LogP contribution in [0, 0.1) is 5.82 Å². The molecule has 0 saturated carbocycles. The fraction of sp³-hybridized carbons (Fsp3) is 0.294. The van der Waals surface area contributed by atoms with Crippen LogP contribution in [0.25, 0.3) is 0 Å². The minimum atomic E-state index is -0.970. The summed E-state index contributed by atoms with van der Waals surface area (Å²) in [5, 5.41) is 9.25. The van der Waals surface area contributed by atoms with Gasteiger partial charge >= 0.3 is 5.97 Å². The van der Waals surface area contributed by atoms with Crippen LogP contribution in [0.15, 0.2) is 42.6 Å². The molecule has 0 aliphatic carbocycles. The van der Waals surface area contributed by atoms with Crippen molar-refractivity contribution in [2.24, 2.45) is 0 Å². The van der Waals surface area contributed by atoms with Gasteiger partial charge in [-0.2, -0.15) is 0 Å². The number of aromatic nitrogens is 1. The van der Waals surface area contributed by atoms with Crippen LogP contribution in [0.2, 0.25) is 0 Å². The first-order chi connectivity index (χ1) is 11.1. The van der Waals surface area contributed by atoms with Gasteiger partial charge < -0.3 is 10.0 Å². The van der Waals surface area contributed by atoms with Crippen molar-refractivity contribution >= 4 is 11.8 Å². The van der Waals surface area contributed by atoms with Crippen LogP contribution in [-0.2, 0) is 6.54 Å². The van der Waals surface area contributed by atoms with Crippen LogP contribution in [0.5, 0.6) is 0 Å². The Kier molecular flexibility index (Phi) is 4.52. The molecule has 1 fully saturated rings. The number of anilines is 1. The second-order valence-corrected chi connectivity index (χ2v) is 5.53. The lowest BCUT2D eigenvalue weighted by molar-refractivity contribution is 0.0697. The summed E-state index contributed by atoms with van der Waals surface area (Å²) in [6.07, 6.45) is 1.60. The van der Waals surface area contributed by atoms with Crippen LogP contribution in [0.3, 0.4) is 0 Å². The van der Waals surface area contributed by atoms with Crippen molar-refractivity contribution in [3.8, 4) is 0 Å². The van der Waals surface area contributed by atoms with Crippen LogP contribution in [-0.4, -0.2) is 47.1 Å². The predicted molar refractivity (Wildman–Crippen MR) is 85.1 cm³/mol. The molecule has 6 heteroatoms. The van der Waals surface area contributed by atoms with E-state index >= 15 is 0 Å². The molecule has 120 valence electrons. The summed E-state index contributed by atoms with van der Waals surface area (Å²) < 4.78 is 13.7. The SMILES string of the molecule is O=C(O)c1cccnc1N1CCN(Cc2ccccc2F)CC1. The number of nitrogens with zero attached hydrogens (tertiary/aromatic N) is 3. The van der Waals surface area contributed by atoms with E-state index in [1.807, 2.05) is 11.0 Å². The lowest BCUT2D eigenvalue weighted by atomic mass is 10.1. The first kappa shape index (κ1) is 15.4. The molecule has 1 saturated heterocycles. The van der Waals surface area contributed by atoms with Gasteiger partial charge in [0.1, 0.15) is 17.2 Å². The fourth-order valence-electron chi connectivity index (χ4n) is 2.80. The average Bonchev–Trinajstić information content (AvgIpc) is 2.58. The van der Waals surface area contributed by atoms with Crippen molar-refractivity contribution in [1.29, 1.82) is 0 Å². The molecule has 2 heterocycles. The normalized spacial score (nSPS) is 15.6. The van der Waals surface area contributed by atoms with Crippen LogP contribution >= 0.6 is 0 Å². The molecule has 3 rings (SSSR count). The Morgan fingerprint density at radius 3 is 2.57 bits per heavy atom. The van der Waals surface area contributed by atoms with Gasteiger partial charge in [0.25, 0.3) is 0 Å². The third kappa shape index (κ3) is 3.48. The van der Waals surface area contributed by atoms with Gasteiger partial charge in [-0.25, -0.2) is 14.2 Å². The minimum absolute atomic E-state index is 0.187. The topological polar surface area (TPSA) is 56.7 Å². The number of halogens is 1. The van der Waals surface area contributed by atoms with Gasteiger partial charge in [0.05, 0.1) is 0 Å². The van der Waals surface area contributed by atoms with Crippen molar-refractivity contribution in [2.45, 2.75) is 6.54 Å². The first-order valence-corrected chi connectivity index (χ1v) is 7.54. The average molecular weight is 315 g/mol. The molecule has 5 nitrogen and oxygen atoms in total. The Bertz CT molecular complexity index is 700. The monoisotopic (exact) mass is 315 g/mol. The van der Waals surface area contributed by atoms with Gasteiger partial charge in [-0.05, 0) is 18.2 Å². The van der Waals surface area contributed by atoms with E-state index < -0.39 is 5.97 Å². The maximum atomic E-state index is 13.7. The Balaban J connectivity index is 1.65. The Morgan fingerprint density at radius 2 is 1.87 bits per heavy atom. The van der Waals surface area contributed by atoms with Crippen LogP contribution < -0.4 is 4.90 Å². The number of carbonyl (C=O) groups is 1. The molecule has 23 heavy (non-hydrogen) atoms. The van der Waals surface area contributed by atoms with Gasteiger partial charge in [-0.15, -0.1) is 0 Å². The zero-order chi connectivity index (χ0) is 16.2. The molecule has 1 aromatic heterocycles. The van der Waals surface area contributed by atoms with Crippen LogP contribution in [0.4, 0.5) is 10.2 Å². The number of hydrogen-bond donors (Lipinski definition) is 1.